The van der Waals surface area contributed by atoms with Crippen molar-refractivity contribution in [1.29, 1.82) is 0 Å². The lowest BCUT2D eigenvalue weighted by Gasteiger charge is -2.08. The Kier molecular flexibility index (Phi) is 1.12. The molecule has 0 amide bonds. The fourth-order valence-corrected chi connectivity index (χ4v) is 0.775. The summed E-state index contributed by atoms with van der Waals surface area (Å²) in [5, 5.41) is 9.67. The van der Waals surface area contributed by atoms with Crippen molar-refractivity contribution in [2.24, 2.45) is 0 Å². The van der Waals surface area contributed by atoms with Crippen molar-refractivity contribution in [3.8, 4) is 17.2 Å². The summed E-state index contributed by atoms with van der Waals surface area (Å²) < 4.78 is 46.6. The Balaban J connectivity index is 3.72. The molecule has 12 heavy (non-hydrogen) atoms. The maximum atomic E-state index is 9.67. The van der Waals surface area contributed by atoms with Crippen LogP contribution in [0, 0.1) is 6.85 Å². The maximum absolute atomic E-state index is 9.67. The van der Waals surface area contributed by atoms with Gasteiger partial charge in [0.1, 0.15) is 0 Å². The van der Waals surface area contributed by atoms with Gasteiger partial charge >= 0.3 is 0 Å². The van der Waals surface area contributed by atoms with Crippen molar-refractivity contribution >= 4 is 0 Å². The van der Waals surface area contributed by atoms with Gasteiger partial charge in [-0.1, -0.05) is 0 Å². The Bertz CT molecular complexity index is 410. The minimum Gasteiger partial charge on any atom is -0.502 e. The molecule has 1 N–H and O–H groups in total. The monoisotopic (exact) mass is 173 g/mol. The smallest absolute Gasteiger partial charge is 0.200 e. The second-order valence-electron chi connectivity index (χ2n) is 2.04. The normalized spacial score (nSPS) is 16.7. The Morgan fingerprint density at radius 1 is 1.33 bits per heavy atom. The molecule has 0 aromatic heterocycles. The number of aromatic hydroxyl groups is 1. The Morgan fingerprint density at radius 3 is 2.17 bits per heavy atom. The van der Waals surface area contributed by atoms with Gasteiger partial charge in [-0.2, -0.15) is 0 Å². The van der Waals surface area contributed by atoms with E-state index in [1.165, 1.54) is 14.2 Å². The average Bonchev–Trinajstić information content (AvgIpc) is 2.16. The zero-order valence-corrected chi connectivity index (χ0v) is 6.76. The molecule has 66 valence electrons. The molecule has 0 saturated carbocycles. The first kappa shape index (κ1) is 4.03. The van der Waals surface area contributed by atoms with Crippen LogP contribution in [0.4, 0.5) is 0 Å². The van der Waals surface area contributed by atoms with Crippen molar-refractivity contribution in [3.63, 3.8) is 0 Å². The van der Waals surface area contributed by atoms with Crippen molar-refractivity contribution in [2.45, 2.75) is 6.85 Å². The van der Waals surface area contributed by atoms with E-state index in [1.54, 1.807) is 0 Å². The summed E-state index contributed by atoms with van der Waals surface area (Å²) in [5.74, 6) is -1.18. The van der Waals surface area contributed by atoms with Crippen LogP contribution in [0.5, 0.6) is 17.2 Å². The van der Waals surface area contributed by atoms with Gasteiger partial charge in [-0.3, -0.25) is 0 Å². The van der Waals surface area contributed by atoms with Crippen LogP contribution in [0.15, 0.2) is 12.1 Å². The van der Waals surface area contributed by atoms with E-state index in [1.807, 2.05) is 0 Å². The molecule has 0 aliphatic carbocycles. The molecule has 0 atom stereocenters. The van der Waals surface area contributed by atoms with Gasteiger partial charge in [0.25, 0.3) is 0 Å². The summed E-state index contributed by atoms with van der Waals surface area (Å²) in [6.07, 6.45) is 0. The molecule has 0 aliphatic rings. The number of benzene rings is 1. The van der Waals surface area contributed by atoms with Crippen molar-refractivity contribution in [2.75, 3.05) is 14.2 Å². The molecule has 3 heteroatoms. The van der Waals surface area contributed by atoms with Gasteiger partial charge in [0.05, 0.1) is 17.0 Å². The predicted molar refractivity (Wildman–Crippen MR) is 45.9 cm³/mol. The van der Waals surface area contributed by atoms with Gasteiger partial charge in [0, 0.05) is 4.11 Å². The summed E-state index contributed by atoms with van der Waals surface area (Å²) in [6, 6.07) is -1.06. The number of phenols is 1. The molecule has 0 bridgehead atoms. The highest BCUT2D eigenvalue weighted by Crippen LogP contribution is 2.36. The maximum Gasteiger partial charge on any atom is 0.200 e. The molecule has 0 radical (unpaired) electrons. The molecule has 1 aromatic rings. The van der Waals surface area contributed by atoms with Crippen molar-refractivity contribution < 1.29 is 21.4 Å². The summed E-state index contributed by atoms with van der Waals surface area (Å²) in [6.45, 7) is -2.65. The molecular formula is C9H12O3. The standard InChI is InChI=1S/C9H12O3/c1-6-4-7(11-2)9(10)8(5-6)12-3/h4-5,10H,1-3H3/i1D3,4D,5D. The third kappa shape index (κ3) is 1.44. The number of methoxy groups -OCH3 is 2. The largest absolute Gasteiger partial charge is 0.502 e. The molecule has 0 heterocycles. The number of rotatable bonds is 2. The van der Waals surface area contributed by atoms with E-state index in [9.17, 15) is 5.11 Å². The van der Waals surface area contributed by atoms with Crippen molar-refractivity contribution in [1.82, 2.24) is 0 Å². The van der Waals surface area contributed by atoms with E-state index in [0.717, 1.165) is 0 Å². The van der Waals surface area contributed by atoms with E-state index in [2.05, 4.69) is 0 Å². The van der Waals surface area contributed by atoms with Crippen LogP contribution in [0.3, 0.4) is 0 Å². The Labute approximate surface area is 78.6 Å². The number of ether oxygens (including phenoxy) is 2. The Morgan fingerprint density at radius 2 is 1.83 bits per heavy atom. The predicted octanol–water partition coefficient (Wildman–Crippen LogP) is 1.72. The first-order chi connectivity index (χ1) is 7.75. The minimum atomic E-state index is -2.65. The molecule has 0 saturated heterocycles. The van der Waals surface area contributed by atoms with Crippen LogP contribution in [0.25, 0.3) is 0 Å². The van der Waals surface area contributed by atoms with E-state index < -0.39 is 30.2 Å². The summed E-state index contributed by atoms with van der Waals surface area (Å²) in [7, 11) is 2.39. The van der Waals surface area contributed by atoms with E-state index in [0.29, 0.717) is 0 Å². The van der Waals surface area contributed by atoms with Gasteiger partial charge < -0.3 is 14.6 Å². The minimum absolute atomic E-state index is 0.316. The molecule has 1 aromatic carbocycles. The number of phenolic OH excluding ortho intramolecular Hbond substituents is 1. The second kappa shape index (κ2) is 3.34. The fourth-order valence-electron chi connectivity index (χ4n) is 0.775. The lowest BCUT2D eigenvalue weighted by molar-refractivity contribution is 0.339. The average molecular weight is 173 g/mol. The zero-order chi connectivity index (χ0) is 13.4. The second-order valence-corrected chi connectivity index (χ2v) is 2.04. The Hall–Kier alpha value is -1.38. The topological polar surface area (TPSA) is 38.7 Å². The van der Waals surface area contributed by atoms with E-state index in [-0.39, 0.29) is 11.5 Å². The molecule has 3 nitrogen and oxygen atoms in total. The van der Waals surface area contributed by atoms with E-state index >= 15 is 0 Å². The molecule has 1 rings (SSSR count). The highest BCUT2D eigenvalue weighted by Gasteiger charge is 2.08. The molecular weight excluding hydrogens is 156 g/mol. The third-order valence-electron chi connectivity index (χ3n) is 1.32. The van der Waals surface area contributed by atoms with Gasteiger partial charge in [-0.15, -0.1) is 0 Å². The van der Waals surface area contributed by atoms with Gasteiger partial charge in [0.2, 0.25) is 5.75 Å². The fraction of sp³-hybridized carbons (Fsp3) is 0.333. The lowest BCUT2D eigenvalue weighted by Crippen LogP contribution is -1.89. The lowest BCUT2D eigenvalue weighted by atomic mass is 10.2. The number of hydrogen-bond donors (Lipinski definition) is 1. The summed E-state index contributed by atoms with van der Waals surface area (Å²) in [5.41, 5.74) is -0.510. The van der Waals surface area contributed by atoms with Crippen LogP contribution >= 0.6 is 0 Å². The van der Waals surface area contributed by atoms with Crippen LogP contribution < -0.4 is 9.47 Å². The third-order valence-corrected chi connectivity index (χ3v) is 1.32. The first-order valence-electron chi connectivity index (χ1n) is 5.70. The highest BCUT2D eigenvalue weighted by atomic mass is 16.5. The van der Waals surface area contributed by atoms with Crippen molar-refractivity contribution in [3.05, 3.63) is 17.6 Å². The molecule has 0 aliphatic heterocycles. The van der Waals surface area contributed by atoms with Crippen LogP contribution in [0.2, 0.25) is 0 Å². The molecule has 0 fully saturated rings. The van der Waals surface area contributed by atoms with E-state index in [4.69, 9.17) is 16.3 Å². The van der Waals surface area contributed by atoms with Crippen LogP contribution in [-0.2, 0) is 0 Å². The van der Waals surface area contributed by atoms with Gasteiger partial charge in [-0.05, 0) is 24.5 Å². The summed E-state index contributed by atoms with van der Waals surface area (Å²) >= 11 is 0. The quantitative estimate of drug-likeness (QED) is 0.740. The SMILES string of the molecule is [2H]c1c(OC)c(O)c(OC)c([2H])c1C([2H])([2H])[2H]. The highest BCUT2D eigenvalue weighted by molar-refractivity contribution is 5.52. The first-order valence-corrected chi connectivity index (χ1v) is 3.20. The van der Waals surface area contributed by atoms with Gasteiger partial charge in [0.15, 0.2) is 11.5 Å². The van der Waals surface area contributed by atoms with Crippen LogP contribution in [-0.4, -0.2) is 19.3 Å². The summed E-state index contributed by atoms with van der Waals surface area (Å²) in [4.78, 5) is 0. The molecule has 0 spiro atoms. The number of hydrogen-bond acceptors (Lipinski definition) is 3. The zero-order valence-electron chi connectivity index (χ0n) is 11.8. The van der Waals surface area contributed by atoms with Crippen LogP contribution in [0.1, 0.15) is 12.4 Å². The van der Waals surface area contributed by atoms with Gasteiger partial charge in [-0.25, -0.2) is 0 Å². The molecule has 0 unspecified atom stereocenters.